The Labute approximate surface area is 132 Å². The SMILES string of the molecule is COc1c(Cl)nc(-c2ccccn2)nc1Nc1cnn(C)c1. The molecule has 0 radical (unpaired) electrons. The van der Waals surface area contributed by atoms with Crippen molar-refractivity contribution in [3.8, 4) is 17.3 Å². The molecule has 0 aliphatic rings. The van der Waals surface area contributed by atoms with Gasteiger partial charge in [-0.25, -0.2) is 9.97 Å². The van der Waals surface area contributed by atoms with Crippen LogP contribution in [0.5, 0.6) is 5.75 Å². The summed E-state index contributed by atoms with van der Waals surface area (Å²) in [5.74, 6) is 1.24. The van der Waals surface area contributed by atoms with E-state index in [1.807, 2.05) is 31.4 Å². The van der Waals surface area contributed by atoms with E-state index in [1.165, 1.54) is 7.11 Å². The molecule has 3 aromatic heterocycles. The maximum absolute atomic E-state index is 6.19. The fourth-order valence-electron chi connectivity index (χ4n) is 1.92. The first-order valence-corrected chi connectivity index (χ1v) is 6.84. The minimum Gasteiger partial charge on any atom is -0.490 e. The predicted molar refractivity (Wildman–Crippen MR) is 83.3 cm³/mol. The lowest BCUT2D eigenvalue weighted by Crippen LogP contribution is -2.02. The third-order valence-electron chi connectivity index (χ3n) is 2.89. The van der Waals surface area contributed by atoms with Crippen molar-refractivity contribution in [2.24, 2.45) is 7.05 Å². The largest absolute Gasteiger partial charge is 0.490 e. The number of rotatable bonds is 4. The summed E-state index contributed by atoms with van der Waals surface area (Å²) >= 11 is 6.19. The van der Waals surface area contributed by atoms with Crippen molar-refractivity contribution < 1.29 is 4.74 Å². The van der Waals surface area contributed by atoms with E-state index in [2.05, 4.69) is 25.4 Å². The van der Waals surface area contributed by atoms with Gasteiger partial charge < -0.3 is 10.1 Å². The minimum absolute atomic E-state index is 0.213. The van der Waals surface area contributed by atoms with E-state index in [9.17, 15) is 0 Å². The van der Waals surface area contributed by atoms with Gasteiger partial charge in [0.1, 0.15) is 5.69 Å². The molecule has 3 heterocycles. The van der Waals surface area contributed by atoms with E-state index in [4.69, 9.17) is 16.3 Å². The molecule has 0 fully saturated rings. The first-order chi connectivity index (χ1) is 10.7. The van der Waals surface area contributed by atoms with Crippen molar-refractivity contribution in [2.45, 2.75) is 0 Å². The van der Waals surface area contributed by atoms with Gasteiger partial charge in [-0.1, -0.05) is 17.7 Å². The number of ether oxygens (including phenoxy) is 1. The number of pyridine rings is 1. The molecular weight excluding hydrogens is 304 g/mol. The summed E-state index contributed by atoms with van der Waals surface area (Å²) in [7, 11) is 3.34. The first kappa shape index (κ1) is 14.3. The number of nitrogens with zero attached hydrogens (tertiary/aromatic N) is 5. The zero-order valence-electron chi connectivity index (χ0n) is 12.0. The number of methoxy groups -OCH3 is 1. The van der Waals surface area contributed by atoms with Gasteiger partial charge in [0.15, 0.2) is 22.5 Å². The van der Waals surface area contributed by atoms with Gasteiger partial charge in [-0.2, -0.15) is 5.10 Å². The molecule has 0 aliphatic heterocycles. The Morgan fingerprint density at radius 1 is 1.27 bits per heavy atom. The number of aryl methyl sites for hydroxylation is 1. The molecule has 0 bridgehead atoms. The van der Waals surface area contributed by atoms with Crippen molar-refractivity contribution in [2.75, 3.05) is 12.4 Å². The van der Waals surface area contributed by atoms with Gasteiger partial charge in [-0.3, -0.25) is 9.67 Å². The third-order valence-corrected chi connectivity index (χ3v) is 3.15. The monoisotopic (exact) mass is 316 g/mol. The van der Waals surface area contributed by atoms with E-state index in [-0.39, 0.29) is 5.15 Å². The van der Waals surface area contributed by atoms with Crippen LogP contribution in [0.25, 0.3) is 11.5 Å². The van der Waals surface area contributed by atoms with Gasteiger partial charge in [0.05, 0.1) is 19.0 Å². The minimum atomic E-state index is 0.213. The van der Waals surface area contributed by atoms with Crippen molar-refractivity contribution in [1.82, 2.24) is 24.7 Å². The average molecular weight is 317 g/mol. The number of aromatic nitrogens is 5. The summed E-state index contributed by atoms with van der Waals surface area (Å²) in [6.07, 6.45) is 5.16. The van der Waals surface area contributed by atoms with E-state index in [0.29, 0.717) is 23.1 Å². The normalized spacial score (nSPS) is 10.5. The Bertz CT molecular complexity index is 789. The van der Waals surface area contributed by atoms with E-state index < -0.39 is 0 Å². The molecule has 0 atom stereocenters. The van der Waals surface area contributed by atoms with Crippen LogP contribution in [0.2, 0.25) is 5.15 Å². The number of anilines is 2. The lowest BCUT2D eigenvalue weighted by molar-refractivity contribution is 0.413. The Hall–Kier alpha value is -2.67. The van der Waals surface area contributed by atoms with Crippen LogP contribution < -0.4 is 10.1 Å². The van der Waals surface area contributed by atoms with Crippen molar-refractivity contribution >= 4 is 23.1 Å². The van der Waals surface area contributed by atoms with E-state index >= 15 is 0 Å². The van der Waals surface area contributed by atoms with Gasteiger partial charge in [0.25, 0.3) is 0 Å². The number of hydrogen-bond acceptors (Lipinski definition) is 6. The second-order valence-electron chi connectivity index (χ2n) is 4.46. The molecule has 0 saturated heterocycles. The van der Waals surface area contributed by atoms with E-state index in [0.717, 1.165) is 5.69 Å². The van der Waals surface area contributed by atoms with Crippen LogP contribution in [0.1, 0.15) is 0 Å². The summed E-state index contributed by atoms with van der Waals surface area (Å²) in [6, 6.07) is 5.49. The molecule has 3 aromatic rings. The molecule has 22 heavy (non-hydrogen) atoms. The zero-order valence-corrected chi connectivity index (χ0v) is 12.7. The summed E-state index contributed by atoms with van der Waals surface area (Å²) in [5.41, 5.74) is 1.39. The molecule has 0 aliphatic carbocycles. The van der Waals surface area contributed by atoms with E-state index in [1.54, 1.807) is 17.1 Å². The number of hydrogen-bond donors (Lipinski definition) is 1. The van der Waals surface area contributed by atoms with Crippen molar-refractivity contribution in [1.29, 1.82) is 0 Å². The molecule has 0 spiro atoms. The van der Waals surface area contributed by atoms with Crippen LogP contribution in [0.15, 0.2) is 36.8 Å². The quantitative estimate of drug-likeness (QED) is 0.746. The topological polar surface area (TPSA) is 77.8 Å². The second-order valence-corrected chi connectivity index (χ2v) is 4.82. The predicted octanol–water partition coefficient (Wildman–Crippen LogP) is 2.68. The standard InChI is InChI=1S/C14H13ClN6O/c1-21-8-9(7-17-21)18-14-11(22-2)12(15)19-13(20-14)10-5-3-4-6-16-10/h3-8H,1-2H3,(H,18,19,20). The molecule has 7 nitrogen and oxygen atoms in total. The van der Waals surface area contributed by atoms with Gasteiger partial charge in [0, 0.05) is 19.4 Å². The molecule has 0 saturated carbocycles. The van der Waals surface area contributed by atoms with Crippen LogP contribution in [-0.2, 0) is 7.05 Å². The maximum Gasteiger partial charge on any atom is 0.199 e. The first-order valence-electron chi connectivity index (χ1n) is 6.46. The van der Waals surface area contributed by atoms with Gasteiger partial charge in [0.2, 0.25) is 0 Å². The highest BCUT2D eigenvalue weighted by atomic mass is 35.5. The maximum atomic E-state index is 6.19. The van der Waals surface area contributed by atoms with Crippen LogP contribution in [-0.4, -0.2) is 31.8 Å². The lowest BCUT2D eigenvalue weighted by atomic mass is 10.3. The lowest BCUT2D eigenvalue weighted by Gasteiger charge is -2.11. The molecule has 8 heteroatoms. The third kappa shape index (κ3) is 2.84. The molecule has 0 aromatic carbocycles. The molecule has 1 N–H and O–H groups in total. The smallest absolute Gasteiger partial charge is 0.199 e. The summed E-state index contributed by atoms with van der Waals surface area (Å²) in [6.45, 7) is 0. The van der Waals surface area contributed by atoms with Gasteiger partial charge in [-0.15, -0.1) is 0 Å². The zero-order chi connectivity index (χ0) is 15.5. The Kier molecular flexibility index (Phi) is 3.88. The fourth-order valence-corrected chi connectivity index (χ4v) is 2.17. The van der Waals surface area contributed by atoms with Crippen molar-refractivity contribution in [3.05, 3.63) is 41.9 Å². The molecule has 3 rings (SSSR count). The fraction of sp³-hybridized carbons (Fsp3) is 0.143. The Balaban J connectivity index is 2.05. The average Bonchev–Trinajstić information content (AvgIpc) is 2.93. The van der Waals surface area contributed by atoms with Gasteiger partial charge >= 0.3 is 0 Å². The Morgan fingerprint density at radius 3 is 2.77 bits per heavy atom. The highest BCUT2D eigenvalue weighted by Gasteiger charge is 2.16. The highest BCUT2D eigenvalue weighted by molar-refractivity contribution is 6.31. The van der Waals surface area contributed by atoms with Crippen LogP contribution in [0.4, 0.5) is 11.5 Å². The van der Waals surface area contributed by atoms with Crippen LogP contribution in [0, 0.1) is 0 Å². The summed E-state index contributed by atoms with van der Waals surface area (Å²) < 4.78 is 6.96. The number of halogens is 1. The van der Waals surface area contributed by atoms with Crippen LogP contribution >= 0.6 is 11.6 Å². The molecule has 0 unspecified atom stereocenters. The van der Waals surface area contributed by atoms with Crippen molar-refractivity contribution in [3.63, 3.8) is 0 Å². The summed E-state index contributed by atoms with van der Waals surface area (Å²) in [5, 5.41) is 7.43. The number of nitrogens with one attached hydrogen (secondary N) is 1. The Morgan fingerprint density at radius 2 is 2.14 bits per heavy atom. The highest BCUT2D eigenvalue weighted by Crippen LogP contribution is 2.33. The molecule has 112 valence electrons. The van der Waals surface area contributed by atoms with Crippen LogP contribution in [0.3, 0.4) is 0 Å². The second kappa shape index (κ2) is 5.98. The van der Waals surface area contributed by atoms with Gasteiger partial charge in [-0.05, 0) is 12.1 Å². The molecular formula is C14H13ClN6O. The molecule has 0 amide bonds. The summed E-state index contributed by atoms with van der Waals surface area (Å²) in [4.78, 5) is 12.9.